The summed E-state index contributed by atoms with van der Waals surface area (Å²) >= 11 is 2.47. The number of aromatic nitrogens is 2. The molecule has 3 aromatic rings. The molecule has 0 fully saturated rings. The standard InChI is InChI=1S/C22H23N3O6S2/c1-10-5-6-12-13(7-10)32-18-16(12)20(27)25(9-23-18)8-14(26)24-19-15(21(28)30-3)11(2)17(33-19)22(29)31-4/h9-10H,5-8H2,1-4H3,(H,24,26). The van der Waals surface area contributed by atoms with E-state index in [1.807, 2.05) is 0 Å². The number of nitrogens with one attached hydrogen (secondary N) is 1. The Bertz CT molecular complexity index is 1340. The largest absolute Gasteiger partial charge is 0.465 e. The fourth-order valence-corrected chi connectivity index (χ4v) is 6.51. The van der Waals surface area contributed by atoms with E-state index in [1.54, 1.807) is 18.3 Å². The van der Waals surface area contributed by atoms with Crippen LogP contribution in [-0.4, -0.2) is 41.6 Å². The van der Waals surface area contributed by atoms with Crippen LogP contribution in [0.4, 0.5) is 5.00 Å². The molecule has 0 aromatic carbocycles. The zero-order valence-electron chi connectivity index (χ0n) is 18.6. The van der Waals surface area contributed by atoms with Gasteiger partial charge in [0.05, 0.1) is 31.5 Å². The van der Waals surface area contributed by atoms with Gasteiger partial charge >= 0.3 is 11.9 Å². The van der Waals surface area contributed by atoms with E-state index in [2.05, 4.69) is 17.2 Å². The van der Waals surface area contributed by atoms with Crippen LogP contribution >= 0.6 is 22.7 Å². The Morgan fingerprint density at radius 3 is 2.64 bits per heavy atom. The maximum atomic E-state index is 13.2. The Labute approximate surface area is 197 Å². The normalized spacial score (nSPS) is 15.2. The van der Waals surface area contributed by atoms with Crippen LogP contribution in [0.25, 0.3) is 10.2 Å². The molecular weight excluding hydrogens is 466 g/mol. The van der Waals surface area contributed by atoms with Crippen LogP contribution in [0.5, 0.6) is 0 Å². The molecule has 1 unspecified atom stereocenters. The zero-order valence-corrected chi connectivity index (χ0v) is 20.3. The van der Waals surface area contributed by atoms with Crippen molar-refractivity contribution in [2.45, 2.75) is 39.7 Å². The molecule has 0 spiro atoms. The number of methoxy groups -OCH3 is 2. The van der Waals surface area contributed by atoms with Gasteiger partial charge in [0.15, 0.2) is 0 Å². The van der Waals surface area contributed by atoms with E-state index in [0.717, 1.165) is 36.2 Å². The first-order valence-corrected chi connectivity index (χ1v) is 12.0. The number of anilines is 1. The first kappa shape index (κ1) is 23.1. The average Bonchev–Trinajstić information content (AvgIpc) is 3.31. The predicted octanol–water partition coefficient (Wildman–Crippen LogP) is 3.16. The Balaban J connectivity index is 1.63. The van der Waals surface area contributed by atoms with E-state index in [0.29, 0.717) is 21.7 Å². The fraction of sp³-hybridized carbons (Fsp3) is 0.409. The van der Waals surface area contributed by atoms with Gasteiger partial charge in [0.25, 0.3) is 5.56 Å². The summed E-state index contributed by atoms with van der Waals surface area (Å²) in [5, 5.41) is 3.39. The number of thiophene rings is 2. The minimum Gasteiger partial charge on any atom is -0.465 e. The highest BCUT2D eigenvalue weighted by Crippen LogP contribution is 2.36. The number of esters is 2. The van der Waals surface area contributed by atoms with Gasteiger partial charge in [0.2, 0.25) is 5.91 Å². The van der Waals surface area contributed by atoms with Gasteiger partial charge in [-0.2, -0.15) is 0 Å². The molecule has 1 aliphatic rings. The van der Waals surface area contributed by atoms with Crippen molar-refractivity contribution >= 4 is 55.7 Å². The molecule has 0 bridgehead atoms. The number of carbonyl (C=O) groups excluding carboxylic acids is 3. The lowest BCUT2D eigenvalue weighted by atomic mass is 9.89. The number of ether oxygens (including phenoxy) is 2. The SMILES string of the molecule is COC(=O)c1sc(NC(=O)Cn2cnc3sc4c(c3c2=O)CCC(C)C4)c(C(=O)OC)c1C. The molecular formula is C22H23N3O6S2. The summed E-state index contributed by atoms with van der Waals surface area (Å²) in [7, 11) is 2.45. The summed E-state index contributed by atoms with van der Waals surface area (Å²) < 4.78 is 10.8. The Hall–Kier alpha value is -3.05. The van der Waals surface area contributed by atoms with Crippen molar-refractivity contribution in [3.8, 4) is 0 Å². The van der Waals surface area contributed by atoms with E-state index in [-0.39, 0.29) is 27.5 Å². The highest BCUT2D eigenvalue weighted by molar-refractivity contribution is 7.19. The van der Waals surface area contributed by atoms with E-state index in [4.69, 9.17) is 9.47 Å². The number of amides is 1. The second kappa shape index (κ2) is 9.06. The van der Waals surface area contributed by atoms with Crippen molar-refractivity contribution in [2.75, 3.05) is 19.5 Å². The second-order valence-corrected chi connectivity index (χ2v) is 10.1. The van der Waals surface area contributed by atoms with Crippen molar-refractivity contribution in [2.24, 2.45) is 5.92 Å². The molecule has 1 atom stereocenters. The topological polar surface area (TPSA) is 117 Å². The summed E-state index contributed by atoms with van der Waals surface area (Å²) in [6.45, 7) is 3.49. The van der Waals surface area contributed by atoms with E-state index >= 15 is 0 Å². The Morgan fingerprint density at radius 1 is 1.21 bits per heavy atom. The smallest absolute Gasteiger partial charge is 0.348 e. The summed E-state index contributed by atoms with van der Waals surface area (Å²) in [6.07, 6.45) is 4.16. The number of fused-ring (bicyclic) bond motifs is 3. The summed E-state index contributed by atoms with van der Waals surface area (Å²) in [4.78, 5) is 56.8. The lowest BCUT2D eigenvalue weighted by Gasteiger charge is -2.17. The lowest BCUT2D eigenvalue weighted by Crippen LogP contribution is -2.28. The van der Waals surface area contributed by atoms with E-state index in [1.165, 1.54) is 30.0 Å². The molecule has 0 saturated carbocycles. The van der Waals surface area contributed by atoms with Crippen LogP contribution in [0.2, 0.25) is 0 Å². The minimum atomic E-state index is -0.686. The summed E-state index contributed by atoms with van der Waals surface area (Å²) in [5.74, 6) is -1.26. The maximum Gasteiger partial charge on any atom is 0.348 e. The highest BCUT2D eigenvalue weighted by Gasteiger charge is 2.27. The summed E-state index contributed by atoms with van der Waals surface area (Å²) in [5.41, 5.74) is 1.23. The molecule has 0 radical (unpaired) electrons. The minimum absolute atomic E-state index is 0.0817. The third-order valence-corrected chi connectivity index (χ3v) is 8.11. The van der Waals surface area contributed by atoms with Crippen molar-refractivity contribution < 1.29 is 23.9 Å². The second-order valence-electron chi connectivity index (χ2n) is 8.00. The van der Waals surface area contributed by atoms with Gasteiger partial charge in [0, 0.05) is 4.88 Å². The number of carbonyl (C=O) groups is 3. The van der Waals surface area contributed by atoms with Gasteiger partial charge in [-0.05, 0) is 43.2 Å². The van der Waals surface area contributed by atoms with Gasteiger partial charge in [0.1, 0.15) is 21.3 Å². The predicted molar refractivity (Wildman–Crippen MR) is 125 cm³/mol. The van der Waals surface area contributed by atoms with Crippen molar-refractivity contribution in [3.63, 3.8) is 0 Å². The van der Waals surface area contributed by atoms with Gasteiger partial charge in [-0.25, -0.2) is 14.6 Å². The van der Waals surface area contributed by atoms with Gasteiger partial charge in [-0.1, -0.05) is 6.92 Å². The van der Waals surface area contributed by atoms with Crippen molar-refractivity contribution in [1.29, 1.82) is 0 Å². The molecule has 3 aromatic heterocycles. The molecule has 0 aliphatic heterocycles. The first-order chi connectivity index (χ1) is 15.7. The van der Waals surface area contributed by atoms with Gasteiger partial charge in [-0.15, -0.1) is 22.7 Å². The molecule has 4 rings (SSSR count). The molecule has 1 amide bonds. The Morgan fingerprint density at radius 2 is 1.94 bits per heavy atom. The van der Waals surface area contributed by atoms with Crippen molar-refractivity contribution in [1.82, 2.24) is 9.55 Å². The van der Waals surface area contributed by atoms with Crippen molar-refractivity contribution in [3.05, 3.63) is 43.1 Å². The molecule has 0 saturated heterocycles. The van der Waals surface area contributed by atoms with Crippen LogP contribution in [0.15, 0.2) is 11.1 Å². The number of rotatable bonds is 5. The van der Waals surface area contributed by atoms with Crippen LogP contribution in [0.3, 0.4) is 0 Å². The molecule has 9 nitrogen and oxygen atoms in total. The third kappa shape index (κ3) is 4.18. The lowest BCUT2D eigenvalue weighted by molar-refractivity contribution is -0.116. The molecule has 3 heterocycles. The quantitative estimate of drug-likeness (QED) is 0.547. The zero-order chi connectivity index (χ0) is 23.9. The van der Waals surface area contributed by atoms with E-state index in [9.17, 15) is 19.2 Å². The van der Waals surface area contributed by atoms with Crippen LogP contribution in [-0.2, 0) is 33.7 Å². The van der Waals surface area contributed by atoms with Crippen LogP contribution in [0.1, 0.15) is 49.4 Å². The van der Waals surface area contributed by atoms with Crippen LogP contribution < -0.4 is 10.9 Å². The highest BCUT2D eigenvalue weighted by atomic mass is 32.1. The molecule has 11 heteroatoms. The van der Waals surface area contributed by atoms with Gasteiger partial charge < -0.3 is 14.8 Å². The molecule has 1 aliphatic carbocycles. The first-order valence-electron chi connectivity index (χ1n) is 10.3. The third-order valence-electron chi connectivity index (χ3n) is 5.76. The molecule has 1 N–H and O–H groups in total. The number of aryl methyl sites for hydroxylation is 1. The molecule has 174 valence electrons. The molecule has 33 heavy (non-hydrogen) atoms. The monoisotopic (exact) mass is 489 g/mol. The van der Waals surface area contributed by atoms with E-state index < -0.39 is 17.8 Å². The summed E-state index contributed by atoms with van der Waals surface area (Å²) in [6, 6.07) is 0. The van der Waals surface area contributed by atoms with Gasteiger partial charge in [-0.3, -0.25) is 14.2 Å². The number of hydrogen-bond donors (Lipinski definition) is 1. The number of nitrogens with zero attached hydrogens (tertiary/aromatic N) is 2. The average molecular weight is 490 g/mol. The number of hydrogen-bond acceptors (Lipinski definition) is 9. The fourth-order valence-electron chi connectivity index (χ4n) is 4.04. The van der Waals surface area contributed by atoms with Crippen LogP contribution in [0, 0.1) is 12.8 Å². The Kier molecular flexibility index (Phi) is 6.35. The maximum absolute atomic E-state index is 13.2.